The summed E-state index contributed by atoms with van der Waals surface area (Å²) in [5.41, 5.74) is 4.51. The molecule has 3 heteroatoms. The molecule has 1 unspecified atom stereocenters. The summed E-state index contributed by atoms with van der Waals surface area (Å²) < 4.78 is 14.1. The van der Waals surface area contributed by atoms with Crippen LogP contribution in [0, 0.1) is 5.82 Å². The summed E-state index contributed by atoms with van der Waals surface area (Å²) in [7, 11) is 1.85. The van der Waals surface area contributed by atoms with Crippen LogP contribution in [0.25, 0.3) is 0 Å². The summed E-state index contributed by atoms with van der Waals surface area (Å²) in [6, 6.07) is 11.0. The van der Waals surface area contributed by atoms with Crippen molar-refractivity contribution >= 4 is 11.6 Å². The number of rotatable bonds is 3. The molecule has 2 aromatic carbocycles. The summed E-state index contributed by atoms with van der Waals surface area (Å²) in [6.07, 6.45) is 3.50. The zero-order valence-corrected chi connectivity index (χ0v) is 12.2. The normalized spacial score (nSPS) is 15.2. The molecule has 0 saturated carbocycles. The maximum absolute atomic E-state index is 14.1. The van der Waals surface area contributed by atoms with Crippen molar-refractivity contribution < 1.29 is 4.39 Å². The highest BCUT2D eigenvalue weighted by Gasteiger charge is 2.19. The monoisotopic (exact) mass is 289 g/mol. The second kappa shape index (κ2) is 5.55. The molecule has 0 aliphatic heterocycles. The number of benzene rings is 2. The Bertz CT molecular complexity index is 639. The highest BCUT2D eigenvalue weighted by molar-refractivity contribution is 6.30. The molecule has 2 aromatic rings. The van der Waals surface area contributed by atoms with Crippen LogP contribution in [-0.4, -0.2) is 7.05 Å². The van der Waals surface area contributed by atoms with Crippen LogP contribution < -0.4 is 5.32 Å². The van der Waals surface area contributed by atoms with Gasteiger partial charge in [0.05, 0.1) is 6.04 Å². The Morgan fingerprint density at radius 3 is 2.70 bits per heavy atom. The standard InChI is InChI=1S/C17H17ClFN/c1-20-17(15-10-14(18)7-8-16(15)19)13-6-5-11-3-2-4-12(11)9-13/h5-10,17,20H,2-4H2,1H3. The Balaban J connectivity index is 2.03. The second-order valence-electron chi connectivity index (χ2n) is 5.27. The maximum atomic E-state index is 14.1. The first kappa shape index (κ1) is 13.6. The van der Waals surface area contributed by atoms with Crippen molar-refractivity contribution in [3.05, 3.63) is 69.5 Å². The van der Waals surface area contributed by atoms with Gasteiger partial charge in [0, 0.05) is 10.6 Å². The molecule has 1 atom stereocenters. The van der Waals surface area contributed by atoms with Crippen molar-refractivity contribution in [2.24, 2.45) is 0 Å². The van der Waals surface area contributed by atoms with Crippen molar-refractivity contribution in [3.63, 3.8) is 0 Å². The fraction of sp³-hybridized carbons (Fsp3) is 0.294. The van der Waals surface area contributed by atoms with Crippen LogP contribution in [0.15, 0.2) is 36.4 Å². The molecule has 0 bridgehead atoms. The van der Waals surface area contributed by atoms with Gasteiger partial charge in [0.1, 0.15) is 5.82 Å². The van der Waals surface area contributed by atoms with Gasteiger partial charge in [-0.1, -0.05) is 29.8 Å². The van der Waals surface area contributed by atoms with E-state index in [4.69, 9.17) is 11.6 Å². The minimum absolute atomic E-state index is 0.167. The van der Waals surface area contributed by atoms with Gasteiger partial charge in [0.2, 0.25) is 0 Å². The summed E-state index contributed by atoms with van der Waals surface area (Å²) in [5.74, 6) is -0.228. The van der Waals surface area contributed by atoms with Gasteiger partial charge in [0.15, 0.2) is 0 Å². The van der Waals surface area contributed by atoms with Gasteiger partial charge in [-0.3, -0.25) is 0 Å². The molecular weight excluding hydrogens is 273 g/mol. The second-order valence-corrected chi connectivity index (χ2v) is 5.71. The molecule has 0 amide bonds. The van der Waals surface area contributed by atoms with Gasteiger partial charge < -0.3 is 5.32 Å². The Labute approximate surface area is 123 Å². The molecular formula is C17H17ClFN. The zero-order chi connectivity index (χ0) is 14.1. The minimum atomic E-state index is -0.228. The van der Waals surface area contributed by atoms with E-state index in [0.29, 0.717) is 10.6 Å². The third kappa shape index (κ3) is 2.46. The zero-order valence-electron chi connectivity index (χ0n) is 11.4. The van der Waals surface area contributed by atoms with Crippen molar-refractivity contribution in [3.8, 4) is 0 Å². The number of aryl methyl sites for hydroxylation is 2. The molecule has 0 aromatic heterocycles. The maximum Gasteiger partial charge on any atom is 0.128 e. The lowest BCUT2D eigenvalue weighted by Gasteiger charge is -2.19. The quantitative estimate of drug-likeness (QED) is 0.889. The number of hydrogen-bond acceptors (Lipinski definition) is 1. The van der Waals surface area contributed by atoms with E-state index in [1.54, 1.807) is 12.1 Å². The van der Waals surface area contributed by atoms with Gasteiger partial charge in [-0.25, -0.2) is 4.39 Å². The minimum Gasteiger partial charge on any atom is -0.309 e. The number of nitrogens with one attached hydrogen (secondary N) is 1. The van der Waals surface area contributed by atoms with Crippen LogP contribution in [0.1, 0.15) is 34.7 Å². The van der Waals surface area contributed by atoms with Crippen molar-refractivity contribution in [1.82, 2.24) is 5.32 Å². The first-order valence-corrected chi connectivity index (χ1v) is 7.31. The van der Waals surface area contributed by atoms with E-state index in [1.165, 1.54) is 23.6 Å². The van der Waals surface area contributed by atoms with E-state index >= 15 is 0 Å². The highest BCUT2D eigenvalue weighted by atomic mass is 35.5. The van der Waals surface area contributed by atoms with Gasteiger partial charge in [0.25, 0.3) is 0 Å². The summed E-state index contributed by atoms with van der Waals surface area (Å²) in [4.78, 5) is 0. The molecule has 0 fully saturated rings. The van der Waals surface area contributed by atoms with Crippen LogP contribution in [0.4, 0.5) is 4.39 Å². The third-order valence-electron chi connectivity index (χ3n) is 4.01. The van der Waals surface area contributed by atoms with E-state index in [-0.39, 0.29) is 11.9 Å². The molecule has 1 aliphatic rings. The van der Waals surface area contributed by atoms with Crippen LogP contribution in [0.3, 0.4) is 0 Å². The van der Waals surface area contributed by atoms with Gasteiger partial charge in [-0.2, -0.15) is 0 Å². The molecule has 0 spiro atoms. The predicted octanol–water partition coefficient (Wildman–Crippen LogP) is 4.28. The predicted molar refractivity (Wildman–Crippen MR) is 80.8 cm³/mol. The Morgan fingerprint density at radius 2 is 1.90 bits per heavy atom. The molecule has 20 heavy (non-hydrogen) atoms. The summed E-state index contributed by atoms with van der Waals surface area (Å²) >= 11 is 6.00. The van der Waals surface area contributed by atoms with E-state index in [9.17, 15) is 4.39 Å². The molecule has 3 rings (SSSR count). The largest absolute Gasteiger partial charge is 0.309 e. The Morgan fingerprint density at radius 1 is 1.10 bits per heavy atom. The first-order chi connectivity index (χ1) is 9.69. The first-order valence-electron chi connectivity index (χ1n) is 6.93. The van der Waals surface area contributed by atoms with Crippen LogP contribution >= 0.6 is 11.6 Å². The Hall–Kier alpha value is -1.38. The van der Waals surface area contributed by atoms with Crippen molar-refractivity contribution in [1.29, 1.82) is 0 Å². The van der Waals surface area contributed by atoms with Gasteiger partial charge >= 0.3 is 0 Å². The topological polar surface area (TPSA) is 12.0 Å². The van der Waals surface area contributed by atoms with Crippen LogP contribution in [0.5, 0.6) is 0 Å². The van der Waals surface area contributed by atoms with Crippen LogP contribution in [0.2, 0.25) is 5.02 Å². The fourth-order valence-corrected chi connectivity index (χ4v) is 3.19. The lowest BCUT2D eigenvalue weighted by molar-refractivity contribution is 0.576. The van der Waals surface area contributed by atoms with E-state index < -0.39 is 0 Å². The number of fused-ring (bicyclic) bond motifs is 1. The van der Waals surface area contributed by atoms with E-state index in [0.717, 1.165) is 18.4 Å². The molecule has 0 heterocycles. The molecule has 1 N–H and O–H groups in total. The van der Waals surface area contributed by atoms with Gasteiger partial charge in [-0.15, -0.1) is 0 Å². The average molecular weight is 290 g/mol. The number of hydrogen-bond donors (Lipinski definition) is 1. The molecule has 104 valence electrons. The average Bonchev–Trinajstić information content (AvgIpc) is 2.91. The Kier molecular flexibility index (Phi) is 3.77. The molecule has 0 radical (unpaired) electrons. The van der Waals surface area contributed by atoms with E-state index in [2.05, 4.69) is 23.5 Å². The smallest absolute Gasteiger partial charge is 0.128 e. The molecule has 1 nitrogen and oxygen atoms in total. The van der Waals surface area contributed by atoms with E-state index in [1.807, 2.05) is 7.05 Å². The lowest BCUT2D eigenvalue weighted by atomic mass is 9.95. The number of halogens is 2. The third-order valence-corrected chi connectivity index (χ3v) is 4.25. The highest BCUT2D eigenvalue weighted by Crippen LogP contribution is 2.30. The van der Waals surface area contributed by atoms with Crippen LogP contribution in [-0.2, 0) is 12.8 Å². The fourth-order valence-electron chi connectivity index (χ4n) is 3.01. The summed E-state index contributed by atoms with van der Waals surface area (Å²) in [5, 5.41) is 3.75. The SMILES string of the molecule is CNC(c1ccc2c(c1)CCC2)c1cc(Cl)ccc1F. The molecule has 1 aliphatic carbocycles. The van der Waals surface area contributed by atoms with Gasteiger partial charge in [-0.05, 0) is 61.2 Å². The van der Waals surface area contributed by atoms with Crippen molar-refractivity contribution in [2.45, 2.75) is 25.3 Å². The lowest BCUT2D eigenvalue weighted by Crippen LogP contribution is -2.19. The molecule has 0 saturated heterocycles. The summed E-state index contributed by atoms with van der Waals surface area (Å²) in [6.45, 7) is 0. The van der Waals surface area contributed by atoms with Crippen molar-refractivity contribution in [2.75, 3.05) is 7.05 Å².